The van der Waals surface area contributed by atoms with Crippen molar-refractivity contribution in [3.05, 3.63) is 28.5 Å². The van der Waals surface area contributed by atoms with E-state index in [4.69, 9.17) is 5.73 Å². The van der Waals surface area contributed by atoms with Crippen LogP contribution in [0.1, 0.15) is 0 Å². The van der Waals surface area contributed by atoms with E-state index in [-0.39, 0.29) is 10.9 Å². The lowest BCUT2D eigenvalue weighted by Gasteiger charge is -2.03. The molecule has 0 fully saturated rings. The summed E-state index contributed by atoms with van der Waals surface area (Å²) in [5.74, 6) is -0.351. The van der Waals surface area contributed by atoms with Gasteiger partial charge in [0.2, 0.25) is 0 Å². The third kappa shape index (κ3) is 2.42. The fourth-order valence-corrected chi connectivity index (χ4v) is 1.08. The highest BCUT2D eigenvalue weighted by atomic mass is 79.9. The SMILES string of the molecule is NC(=S)Nc1ccc(Br)c(F)c1. The Bertz CT molecular complexity index is 316. The minimum absolute atomic E-state index is 0.122. The second-order valence-electron chi connectivity index (χ2n) is 2.12. The van der Waals surface area contributed by atoms with Gasteiger partial charge < -0.3 is 11.1 Å². The highest BCUT2D eigenvalue weighted by molar-refractivity contribution is 9.10. The summed E-state index contributed by atoms with van der Waals surface area (Å²) in [4.78, 5) is 0. The first kappa shape index (κ1) is 9.41. The van der Waals surface area contributed by atoms with Gasteiger partial charge in [-0.2, -0.15) is 0 Å². The second kappa shape index (κ2) is 3.82. The first-order valence-corrected chi connectivity index (χ1v) is 4.31. The Morgan fingerprint density at radius 1 is 1.58 bits per heavy atom. The van der Waals surface area contributed by atoms with E-state index in [9.17, 15) is 4.39 Å². The number of nitrogens with two attached hydrogens (primary N) is 1. The maximum absolute atomic E-state index is 12.9. The normalized spacial score (nSPS) is 9.50. The van der Waals surface area contributed by atoms with E-state index in [1.54, 1.807) is 12.1 Å². The smallest absolute Gasteiger partial charge is 0.168 e. The van der Waals surface area contributed by atoms with Gasteiger partial charge in [-0.25, -0.2) is 4.39 Å². The zero-order valence-corrected chi connectivity index (χ0v) is 8.38. The van der Waals surface area contributed by atoms with Crippen molar-refractivity contribution < 1.29 is 4.39 Å². The highest BCUT2D eigenvalue weighted by Crippen LogP contribution is 2.18. The van der Waals surface area contributed by atoms with Crippen LogP contribution in [-0.2, 0) is 0 Å². The predicted octanol–water partition coefficient (Wildman–Crippen LogP) is 2.24. The molecule has 12 heavy (non-hydrogen) atoms. The van der Waals surface area contributed by atoms with Crippen molar-refractivity contribution >= 4 is 38.9 Å². The molecule has 1 aromatic carbocycles. The molecule has 0 heterocycles. The molecule has 0 radical (unpaired) electrons. The lowest BCUT2D eigenvalue weighted by atomic mass is 10.3. The zero-order valence-electron chi connectivity index (χ0n) is 5.97. The van der Waals surface area contributed by atoms with Crippen LogP contribution in [-0.4, -0.2) is 5.11 Å². The summed E-state index contributed by atoms with van der Waals surface area (Å²) in [6.45, 7) is 0. The lowest BCUT2D eigenvalue weighted by Crippen LogP contribution is -2.18. The number of rotatable bonds is 1. The van der Waals surface area contributed by atoms with E-state index in [1.165, 1.54) is 6.07 Å². The average Bonchev–Trinajstić information content (AvgIpc) is 1.96. The molecule has 0 amide bonds. The minimum atomic E-state index is -0.351. The monoisotopic (exact) mass is 248 g/mol. The van der Waals surface area contributed by atoms with Crippen LogP contribution in [0.4, 0.5) is 10.1 Å². The molecule has 0 aromatic heterocycles. The molecule has 0 atom stereocenters. The van der Waals surface area contributed by atoms with Crippen molar-refractivity contribution in [1.82, 2.24) is 0 Å². The van der Waals surface area contributed by atoms with E-state index in [2.05, 4.69) is 33.5 Å². The maximum Gasteiger partial charge on any atom is 0.168 e. The molecule has 0 aliphatic heterocycles. The number of benzene rings is 1. The third-order valence-electron chi connectivity index (χ3n) is 1.19. The fraction of sp³-hybridized carbons (Fsp3) is 0. The predicted molar refractivity (Wildman–Crippen MR) is 54.5 cm³/mol. The molecule has 2 nitrogen and oxygen atoms in total. The zero-order chi connectivity index (χ0) is 9.14. The van der Waals surface area contributed by atoms with E-state index >= 15 is 0 Å². The number of nitrogens with one attached hydrogen (secondary N) is 1. The van der Waals surface area contributed by atoms with Crippen molar-refractivity contribution in [2.75, 3.05) is 5.32 Å². The average molecular weight is 249 g/mol. The van der Waals surface area contributed by atoms with Crippen molar-refractivity contribution in [3.63, 3.8) is 0 Å². The van der Waals surface area contributed by atoms with Crippen LogP contribution < -0.4 is 11.1 Å². The summed E-state index contributed by atoms with van der Waals surface area (Å²) < 4.78 is 13.3. The van der Waals surface area contributed by atoms with Gasteiger partial charge in [0.05, 0.1) is 4.47 Å². The Morgan fingerprint density at radius 2 is 2.25 bits per heavy atom. The Balaban J connectivity index is 2.89. The van der Waals surface area contributed by atoms with Crippen molar-refractivity contribution in [3.8, 4) is 0 Å². The molecule has 0 saturated heterocycles. The molecule has 0 aliphatic rings. The van der Waals surface area contributed by atoms with Gasteiger partial charge in [-0.3, -0.25) is 0 Å². The van der Waals surface area contributed by atoms with Crippen molar-refractivity contribution in [2.45, 2.75) is 0 Å². The van der Waals surface area contributed by atoms with Crippen LogP contribution >= 0.6 is 28.1 Å². The fourth-order valence-electron chi connectivity index (χ4n) is 0.716. The van der Waals surface area contributed by atoms with Gasteiger partial charge in [-0.05, 0) is 46.3 Å². The Morgan fingerprint density at radius 3 is 2.75 bits per heavy atom. The van der Waals surface area contributed by atoms with Gasteiger partial charge >= 0.3 is 0 Å². The molecule has 0 unspecified atom stereocenters. The number of halogens is 2. The van der Waals surface area contributed by atoms with Gasteiger partial charge in [-0.1, -0.05) is 0 Å². The van der Waals surface area contributed by atoms with Gasteiger partial charge in [0.15, 0.2) is 5.11 Å². The first-order valence-electron chi connectivity index (χ1n) is 3.11. The van der Waals surface area contributed by atoms with Crippen LogP contribution in [0.25, 0.3) is 0 Å². The van der Waals surface area contributed by atoms with E-state index < -0.39 is 0 Å². The third-order valence-corrected chi connectivity index (χ3v) is 1.93. The molecular formula is C7H6BrFN2S. The Kier molecular flexibility index (Phi) is 2.99. The molecule has 0 bridgehead atoms. The maximum atomic E-state index is 12.9. The van der Waals surface area contributed by atoms with Gasteiger partial charge in [0, 0.05) is 5.69 Å². The summed E-state index contributed by atoms with van der Waals surface area (Å²) in [7, 11) is 0. The quantitative estimate of drug-likeness (QED) is 0.749. The van der Waals surface area contributed by atoms with E-state index in [0.29, 0.717) is 10.2 Å². The van der Waals surface area contributed by atoms with Crippen LogP contribution in [0.3, 0.4) is 0 Å². The lowest BCUT2D eigenvalue weighted by molar-refractivity contribution is 0.622. The molecule has 64 valence electrons. The van der Waals surface area contributed by atoms with Crippen molar-refractivity contribution in [1.29, 1.82) is 0 Å². The van der Waals surface area contributed by atoms with Crippen LogP contribution in [0.15, 0.2) is 22.7 Å². The Labute approximate surface area is 83.1 Å². The number of hydrogen-bond acceptors (Lipinski definition) is 1. The first-order chi connectivity index (χ1) is 5.59. The highest BCUT2D eigenvalue weighted by Gasteiger charge is 1.99. The largest absolute Gasteiger partial charge is 0.376 e. The molecule has 0 spiro atoms. The number of thiocarbonyl (C=S) groups is 1. The van der Waals surface area contributed by atoms with E-state index in [1.807, 2.05) is 0 Å². The Hall–Kier alpha value is -0.680. The van der Waals surface area contributed by atoms with Gasteiger partial charge in [-0.15, -0.1) is 0 Å². The molecule has 1 rings (SSSR count). The summed E-state index contributed by atoms with van der Waals surface area (Å²) in [5, 5.41) is 2.74. The summed E-state index contributed by atoms with van der Waals surface area (Å²) in [6.07, 6.45) is 0. The van der Waals surface area contributed by atoms with Gasteiger partial charge in [0.25, 0.3) is 0 Å². The van der Waals surface area contributed by atoms with Crippen molar-refractivity contribution in [2.24, 2.45) is 5.73 Å². The van der Waals surface area contributed by atoms with Crippen LogP contribution in [0.2, 0.25) is 0 Å². The number of hydrogen-bond donors (Lipinski definition) is 2. The summed E-state index contributed by atoms with van der Waals surface area (Å²) in [6, 6.07) is 4.56. The molecule has 5 heteroatoms. The summed E-state index contributed by atoms with van der Waals surface area (Å²) >= 11 is 7.61. The van der Waals surface area contributed by atoms with Crippen LogP contribution in [0, 0.1) is 5.82 Å². The second-order valence-corrected chi connectivity index (χ2v) is 3.41. The standard InChI is InChI=1S/C7H6BrFN2S/c8-5-2-1-4(3-6(5)9)11-7(10)12/h1-3H,(H3,10,11,12). The topological polar surface area (TPSA) is 38.0 Å². The van der Waals surface area contributed by atoms with Crippen LogP contribution in [0.5, 0.6) is 0 Å². The van der Waals surface area contributed by atoms with Gasteiger partial charge in [0.1, 0.15) is 5.82 Å². The summed E-state index contributed by atoms with van der Waals surface area (Å²) in [5.41, 5.74) is 5.74. The minimum Gasteiger partial charge on any atom is -0.376 e. The molecule has 0 saturated carbocycles. The number of anilines is 1. The van der Waals surface area contributed by atoms with E-state index in [0.717, 1.165) is 0 Å². The molecule has 0 aliphatic carbocycles. The molecular weight excluding hydrogens is 243 g/mol. The molecule has 3 N–H and O–H groups in total. The molecule has 1 aromatic rings.